The molecule has 0 aliphatic heterocycles. The molecule has 0 saturated carbocycles. The fourth-order valence-electron chi connectivity index (χ4n) is 3.55. The van der Waals surface area contributed by atoms with Crippen LogP contribution in [0.3, 0.4) is 0 Å². The Morgan fingerprint density at radius 1 is 1.10 bits per heavy atom. The maximum atomic E-state index is 13.1. The first-order valence-electron chi connectivity index (χ1n) is 9.58. The van der Waals surface area contributed by atoms with E-state index in [2.05, 4.69) is 11.4 Å². The molecule has 29 heavy (non-hydrogen) atoms. The van der Waals surface area contributed by atoms with E-state index >= 15 is 0 Å². The van der Waals surface area contributed by atoms with Gasteiger partial charge in [-0.25, -0.2) is 8.42 Å². The first kappa shape index (κ1) is 23.2. The number of carbonyl (C=O) groups excluding carboxylic acids is 1. The van der Waals surface area contributed by atoms with Crippen molar-refractivity contribution < 1.29 is 13.2 Å². The molecule has 1 amide bonds. The van der Waals surface area contributed by atoms with Crippen molar-refractivity contribution in [2.75, 3.05) is 10.6 Å². The van der Waals surface area contributed by atoms with Crippen molar-refractivity contribution in [1.82, 2.24) is 5.32 Å². The monoisotopic (exact) mass is 436 g/mol. The lowest BCUT2D eigenvalue weighted by Gasteiger charge is -2.32. The van der Waals surface area contributed by atoms with Crippen LogP contribution in [0.25, 0.3) is 0 Å². The Kier molecular flexibility index (Phi) is 7.35. The molecule has 7 heteroatoms. The molecule has 2 rings (SSSR count). The van der Waals surface area contributed by atoms with Crippen molar-refractivity contribution in [3.05, 3.63) is 63.7 Å². The molecule has 0 heterocycles. The van der Waals surface area contributed by atoms with Gasteiger partial charge in [0.25, 0.3) is 0 Å². The highest BCUT2D eigenvalue weighted by Crippen LogP contribution is 2.29. The molecule has 2 atom stereocenters. The summed E-state index contributed by atoms with van der Waals surface area (Å²) in [7, 11) is -3.71. The van der Waals surface area contributed by atoms with Crippen LogP contribution < -0.4 is 9.62 Å². The predicted molar refractivity (Wildman–Crippen MR) is 120 cm³/mol. The Balaban J connectivity index is 2.39. The summed E-state index contributed by atoms with van der Waals surface area (Å²) >= 11 is 6.11. The van der Waals surface area contributed by atoms with E-state index in [0.717, 1.165) is 28.5 Å². The van der Waals surface area contributed by atoms with Gasteiger partial charge in [-0.05, 0) is 62.9 Å². The number of hydrogen-bond acceptors (Lipinski definition) is 3. The lowest BCUT2D eigenvalue weighted by atomic mass is 10.00. The van der Waals surface area contributed by atoms with Crippen LogP contribution in [0.4, 0.5) is 5.69 Å². The number of halogens is 1. The van der Waals surface area contributed by atoms with E-state index < -0.39 is 16.1 Å². The zero-order valence-corrected chi connectivity index (χ0v) is 19.4. The van der Waals surface area contributed by atoms with Gasteiger partial charge < -0.3 is 5.32 Å². The molecule has 0 spiro atoms. The van der Waals surface area contributed by atoms with Crippen LogP contribution >= 0.6 is 11.6 Å². The minimum Gasteiger partial charge on any atom is -0.348 e. The third-order valence-corrected chi connectivity index (χ3v) is 6.39. The minimum absolute atomic E-state index is 0.251. The molecule has 2 aromatic carbocycles. The van der Waals surface area contributed by atoms with E-state index in [1.807, 2.05) is 32.9 Å². The zero-order chi connectivity index (χ0) is 21.9. The van der Waals surface area contributed by atoms with E-state index in [-0.39, 0.29) is 11.9 Å². The van der Waals surface area contributed by atoms with Crippen molar-refractivity contribution >= 4 is 33.2 Å². The van der Waals surface area contributed by atoms with Crippen LogP contribution in [0, 0.1) is 20.8 Å². The van der Waals surface area contributed by atoms with Gasteiger partial charge in [0.2, 0.25) is 15.9 Å². The van der Waals surface area contributed by atoms with Crippen LogP contribution in [-0.4, -0.2) is 26.6 Å². The molecule has 0 aromatic heterocycles. The van der Waals surface area contributed by atoms with Gasteiger partial charge in [-0.3, -0.25) is 9.10 Å². The number of rotatable bonds is 7. The van der Waals surface area contributed by atoms with Gasteiger partial charge in [0.05, 0.1) is 18.0 Å². The van der Waals surface area contributed by atoms with Crippen molar-refractivity contribution in [3.8, 4) is 0 Å². The number of nitrogens with one attached hydrogen (secondary N) is 1. The molecular formula is C22H29ClN2O3S. The molecule has 5 nitrogen and oxygen atoms in total. The molecule has 2 aromatic rings. The second kappa shape index (κ2) is 9.18. The van der Waals surface area contributed by atoms with Crippen molar-refractivity contribution in [3.63, 3.8) is 0 Å². The number of aryl methyl sites for hydroxylation is 3. The van der Waals surface area contributed by atoms with Gasteiger partial charge in [-0.1, -0.05) is 48.4 Å². The van der Waals surface area contributed by atoms with Gasteiger partial charge >= 0.3 is 0 Å². The molecule has 0 fully saturated rings. The summed E-state index contributed by atoms with van der Waals surface area (Å²) in [5.41, 5.74) is 4.38. The van der Waals surface area contributed by atoms with Crippen LogP contribution in [-0.2, 0) is 14.8 Å². The highest BCUT2D eigenvalue weighted by molar-refractivity contribution is 7.92. The summed E-state index contributed by atoms with van der Waals surface area (Å²) in [5.74, 6) is -0.343. The largest absolute Gasteiger partial charge is 0.348 e. The molecule has 0 unspecified atom stereocenters. The summed E-state index contributed by atoms with van der Waals surface area (Å²) in [6, 6.07) is 9.96. The van der Waals surface area contributed by atoms with E-state index in [9.17, 15) is 13.2 Å². The Labute approximate surface area is 179 Å². The molecule has 1 N–H and O–H groups in total. The number of nitrogens with zero attached hydrogens (tertiary/aromatic N) is 1. The van der Waals surface area contributed by atoms with Crippen molar-refractivity contribution in [2.24, 2.45) is 0 Å². The first-order chi connectivity index (χ1) is 13.5. The van der Waals surface area contributed by atoms with Crippen molar-refractivity contribution in [2.45, 2.75) is 53.1 Å². The number of carbonyl (C=O) groups is 1. The summed E-state index contributed by atoms with van der Waals surface area (Å²) < 4.78 is 26.5. The quantitative estimate of drug-likeness (QED) is 0.684. The number of anilines is 1. The van der Waals surface area contributed by atoms with E-state index in [1.54, 1.807) is 32.0 Å². The number of hydrogen-bond donors (Lipinski definition) is 1. The Hall–Kier alpha value is -2.05. The fourth-order valence-corrected chi connectivity index (χ4v) is 4.98. The molecule has 0 radical (unpaired) electrons. The normalized spacial score (nSPS) is 13.6. The Morgan fingerprint density at radius 3 is 2.31 bits per heavy atom. The average Bonchev–Trinajstić information content (AvgIpc) is 2.60. The molecule has 0 saturated heterocycles. The summed E-state index contributed by atoms with van der Waals surface area (Å²) in [6.07, 6.45) is 1.43. The zero-order valence-electron chi connectivity index (χ0n) is 17.8. The molecule has 158 valence electrons. The summed E-state index contributed by atoms with van der Waals surface area (Å²) in [5, 5.41) is 3.40. The van der Waals surface area contributed by atoms with E-state index in [1.165, 1.54) is 4.31 Å². The number of sulfonamides is 1. The first-order valence-corrected chi connectivity index (χ1v) is 11.8. The molecular weight excluding hydrogens is 408 g/mol. The van der Waals surface area contributed by atoms with Gasteiger partial charge in [0, 0.05) is 5.02 Å². The summed E-state index contributed by atoms with van der Waals surface area (Å²) in [4.78, 5) is 13.1. The topological polar surface area (TPSA) is 66.5 Å². The van der Waals surface area contributed by atoms with Crippen LogP contribution in [0.5, 0.6) is 0 Å². The van der Waals surface area contributed by atoms with Gasteiger partial charge in [0.1, 0.15) is 6.04 Å². The maximum Gasteiger partial charge on any atom is 0.244 e. The molecule has 0 aliphatic rings. The number of amides is 1. The predicted octanol–water partition coefficient (Wildman–Crippen LogP) is 4.69. The maximum absolute atomic E-state index is 13.1. The Bertz CT molecular complexity index is 1010. The highest BCUT2D eigenvalue weighted by Gasteiger charge is 2.33. The van der Waals surface area contributed by atoms with Crippen molar-refractivity contribution in [1.29, 1.82) is 0 Å². The third-order valence-electron chi connectivity index (χ3n) is 4.99. The standard InChI is InChI=1S/C22H29ClN2O3S/c1-7-20(22(26)24-17(5)19-11-8-14(2)12-16(19)4)25(29(6,27)28)21-13-18(23)10-9-15(21)3/h8-13,17,20H,7H2,1-6H3,(H,24,26)/t17-,20-/m1/s1. The van der Waals surface area contributed by atoms with Crippen LogP contribution in [0.15, 0.2) is 36.4 Å². The van der Waals surface area contributed by atoms with Gasteiger partial charge in [-0.2, -0.15) is 0 Å². The highest BCUT2D eigenvalue weighted by atomic mass is 35.5. The fraction of sp³-hybridized carbons (Fsp3) is 0.409. The van der Waals surface area contributed by atoms with Crippen LogP contribution in [0.2, 0.25) is 5.02 Å². The Morgan fingerprint density at radius 2 is 1.76 bits per heavy atom. The molecule has 0 aliphatic carbocycles. The van der Waals surface area contributed by atoms with Gasteiger partial charge in [-0.15, -0.1) is 0 Å². The van der Waals surface area contributed by atoms with E-state index in [0.29, 0.717) is 17.1 Å². The van der Waals surface area contributed by atoms with E-state index in [4.69, 9.17) is 11.6 Å². The third kappa shape index (κ3) is 5.52. The smallest absolute Gasteiger partial charge is 0.244 e. The SMILES string of the molecule is CC[C@H](C(=O)N[C@H](C)c1ccc(C)cc1C)N(c1cc(Cl)ccc1C)S(C)(=O)=O. The summed E-state index contributed by atoms with van der Waals surface area (Å²) in [6.45, 7) is 9.51. The number of benzene rings is 2. The molecule has 0 bridgehead atoms. The lowest BCUT2D eigenvalue weighted by Crippen LogP contribution is -2.50. The average molecular weight is 437 g/mol. The van der Waals surface area contributed by atoms with Gasteiger partial charge in [0.15, 0.2) is 0 Å². The second-order valence-corrected chi connectivity index (χ2v) is 9.80. The lowest BCUT2D eigenvalue weighted by molar-refractivity contribution is -0.122. The van der Waals surface area contributed by atoms with Crippen LogP contribution in [0.1, 0.15) is 48.6 Å². The minimum atomic E-state index is -3.71. The second-order valence-electron chi connectivity index (χ2n) is 7.50.